The zero-order chi connectivity index (χ0) is 11.9. The number of anilines is 2. The predicted molar refractivity (Wildman–Crippen MR) is 67.0 cm³/mol. The lowest BCUT2D eigenvalue weighted by atomic mass is 9.97. The third-order valence-corrected chi connectivity index (χ3v) is 3.10. The zero-order valence-corrected chi connectivity index (χ0v) is 10.2. The topological polar surface area (TPSA) is 32.3 Å². The molecular formula is C13H18N2O. The minimum atomic E-state index is -0.139. The number of benzene rings is 1. The molecule has 1 aliphatic heterocycles. The van der Waals surface area contributed by atoms with Crippen molar-refractivity contribution in [3.05, 3.63) is 23.8 Å². The number of fused-ring (bicyclic) bond motifs is 1. The van der Waals surface area contributed by atoms with Gasteiger partial charge in [0, 0.05) is 7.05 Å². The van der Waals surface area contributed by atoms with Gasteiger partial charge in [-0.1, -0.05) is 26.0 Å². The summed E-state index contributed by atoms with van der Waals surface area (Å²) >= 11 is 0. The lowest BCUT2D eigenvalue weighted by molar-refractivity contribution is -0.118. The molecule has 1 aromatic rings. The van der Waals surface area contributed by atoms with E-state index in [0.29, 0.717) is 5.92 Å². The van der Waals surface area contributed by atoms with E-state index in [0.717, 1.165) is 11.4 Å². The van der Waals surface area contributed by atoms with E-state index in [4.69, 9.17) is 0 Å². The minimum Gasteiger partial charge on any atom is -0.372 e. The summed E-state index contributed by atoms with van der Waals surface area (Å²) in [4.78, 5) is 13.7. The molecule has 1 unspecified atom stereocenters. The molecule has 0 radical (unpaired) electrons. The van der Waals surface area contributed by atoms with Gasteiger partial charge >= 0.3 is 0 Å². The summed E-state index contributed by atoms with van der Waals surface area (Å²) in [6, 6.07) is 6.02. The van der Waals surface area contributed by atoms with Crippen molar-refractivity contribution >= 4 is 17.3 Å². The number of para-hydroxylation sites is 1. The summed E-state index contributed by atoms with van der Waals surface area (Å²) in [6.45, 7) is 6.18. The van der Waals surface area contributed by atoms with Gasteiger partial charge in [-0.25, -0.2) is 0 Å². The summed E-state index contributed by atoms with van der Waals surface area (Å²) in [5.41, 5.74) is 3.30. The third-order valence-electron chi connectivity index (χ3n) is 3.10. The molecule has 1 N–H and O–H groups in total. The van der Waals surface area contributed by atoms with Gasteiger partial charge in [0.25, 0.3) is 0 Å². The van der Waals surface area contributed by atoms with Gasteiger partial charge in [-0.3, -0.25) is 4.79 Å². The lowest BCUT2D eigenvalue weighted by Crippen LogP contribution is -2.44. The second-order valence-electron chi connectivity index (χ2n) is 4.66. The van der Waals surface area contributed by atoms with E-state index in [2.05, 4.69) is 25.2 Å². The number of carbonyl (C=O) groups is 1. The normalized spacial score (nSPS) is 19.7. The Bertz CT molecular complexity index is 426. The van der Waals surface area contributed by atoms with E-state index in [1.807, 2.05) is 26.1 Å². The maximum Gasteiger partial charge on any atom is 0.248 e. The van der Waals surface area contributed by atoms with E-state index in [1.54, 1.807) is 4.90 Å². The zero-order valence-electron chi connectivity index (χ0n) is 10.2. The molecule has 0 bridgehead atoms. The quantitative estimate of drug-likeness (QED) is 0.785. The molecule has 0 saturated heterocycles. The molecule has 1 aliphatic rings. The van der Waals surface area contributed by atoms with Crippen LogP contribution in [0.4, 0.5) is 11.4 Å². The Labute approximate surface area is 96.5 Å². The van der Waals surface area contributed by atoms with Gasteiger partial charge in [0.1, 0.15) is 6.04 Å². The second-order valence-corrected chi connectivity index (χ2v) is 4.66. The van der Waals surface area contributed by atoms with Gasteiger partial charge in [0.15, 0.2) is 0 Å². The first-order valence-electron chi connectivity index (χ1n) is 5.69. The molecule has 1 atom stereocenters. The SMILES string of the molecule is CC1Nc2cccc(C(C)C)c2N(C)C1=O. The number of nitrogens with one attached hydrogen (secondary N) is 1. The van der Waals surface area contributed by atoms with Gasteiger partial charge in [0.2, 0.25) is 5.91 Å². The average molecular weight is 218 g/mol. The van der Waals surface area contributed by atoms with Crippen LogP contribution >= 0.6 is 0 Å². The molecule has 86 valence electrons. The van der Waals surface area contributed by atoms with Crippen molar-refractivity contribution in [3.63, 3.8) is 0 Å². The van der Waals surface area contributed by atoms with Crippen LogP contribution in [-0.4, -0.2) is 19.0 Å². The van der Waals surface area contributed by atoms with Crippen molar-refractivity contribution in [3.8, 4) is 0 Å². The second kappa shape index (κ2) is 3.81. The first-order valence-corrected chi connectivity index (χ1v) is 5.69. The van der Waals surface area contributed by atoms with Crippen LogP contribution in [0.2, 0.25) is 0 Å². The first-order chi connectivity index (χ1) is 7.52. The van der Waals surface area contributed by atoms with E-state index in [9.17, 15) is 4.79 Å². The Morgan fingerprint density at radius 1 is 1.38 bits per heavy atom. The number of hydrogen-bond acceptors (Lipinski definition) is 2. The number of carbonyl (C=O) groups excluding carboxylic acids is 1. The molecule has 1 heterocycles. The van der Waals surface area contributed by atoms with Crippen LogP contribution in [0.15, 0.2) is 18.2 Å². The molecule has 0 fully saturated rings. The third kappa shape index (κ3) is 1.56. The Hall–Kier alpha value is -1.51. The monoisotopic (exact) mass is 218 g/mol. The average Bonchev–Trinajstić information content (AvgIpc) is 2.25. The largest absolute Gasteiger partial charge is 0.372 e. The molecule has 0 aliphatic carbocycles. The van der Waals surface area contributed by atoms with Crippen molar-refractivity contribution in [2.45, 2.75) is 32.7 Å². The number of rotatable bonds is 1. The Kier molecular flexibility index (Phi) is 2.62. The summed E-state index contributed by atoms with van der Waals surface area (Å²) in [5, 5.41) is 3.24. The number of likely N-dealkylation sites (N-methyl/N-ethyl adjacent to an activating group) is 1. The van der Waals surface area contributed by atoms with Crippen LogP contribution in [0, 0.1) is 0 Å². The summed E-state index contributed by atoms with van der Waals surface area (Å²) < 4.78 is 0. The molecule has 3 nitrogen and oxygen atoms in total. The maximum absolute atomic E-state index is 11.9. The van der Waals surface area contributed by atoms with Gasteiger partial charge in [-0.05, 0) is 24.5 Å². The summed E-state index contributed by atoms with van der Waals surface area (Å²) in [5.74, 6) is 0.543. The van der Waals surface area contributed by atoms with E-state index >= 15 is 0 Å². The highest BCUT2D eigenvalue weighted by atomic mass is 16.2. The van der Waals surface area contributed by atoms with Crippen LogP contribution < -0.4 is 10.2 Å². The van der Waals surface area contributed by atoms with Crippen molar-refractivity contribution in [1.82, 2.24) is 0 Å². The van der Waals surface area contributed by atoms with E-state index < -0.39 is 0 Å². The van der Waals surface area contributed by atoms with Gasteiger partial charge in [-0.2, -0.15) is 0 Å². The fourth-order valence-electron chi connectivity index (χ4n) is 2.21. The Morgan fingerprint density at radius 2 is 2.06 bits per heavy atom. The molecule has 0 aromatic heterocycles. The first kappa shape index (κ1) is 11.0. The smallest absolute Gasteiger partial charge is 0.248 e. The van der Waals surface area contributed by atoms with Crippen molar-refractivity contribution in [2.24, 2.45) is 0 Å². The predicted octanol–water partition coefficient (Wildman–Crippen LogP) is 2.59. The fourth-order valence-corrected chi connectivity index (χ4v) is 2.21. The van der Waals surface area contributed by atoms with Crippen molar-refractivity contribution in [1.29, 1.82) is 0 Å². The Morgan fingerprint density at radius 3 is 2.69 bits per heavy atom. The fraction of sp³-hybridized carbons (Fsp3) is 0.462. The van der Waals surface area contributed by atoms with Crippen molar-refractivity contribution < 1.29 is 4.79 Å². The van der Waals surface area contributed by atoms with Gasteiger partial charge in [0.05, 0.1) is 11.4 Å². The molecule has 1 amide bonds. The molecular weight excluding hydrogens is 200 g/mol. The number of hydrogen-bond donors (Lipinski definition) is 1. The standard InChI is InChI=1S/C13H18N2O/c1-8(2)10-6-5-7-11-12(10)15(4)13(16)9(3)14-11/h5-9,14H,1-4H3. The molecule has 1 aromatic carbocycles. The minimum absolute atomic E-state index is 0.126. The summed E-state index contributed by atoms with van der Waals surface area (Å²) in [7, 11) is 1.85. The molecule has 0 spiro atoms. The Balaban J connectivity index is 2.57. The lowest BCUT2D eigenvalue weighted by Gasteiger charge is -2.33. The molecule has 16 heavy (non-hydrogen) atoms. The van der Waals surface area contributed by atoms with E-state index in [1.165, 1.54) is 5.56 Å². The van der Waals surface area contributed by atoms with Crippen LogP contribution in [0.1, 0.15) is 32.3 Å². The van der Waals surface area contributed by atoms with Crippen LogP contribution in [0.25, 0.3) is 0 Å². The molecule has 0 saturated carbocycles. The van der Waals surface area contributed by atoms with Crippen LogP contribution in [0.5, 0.6) is 0 Å². The summed E-state index contributed by atoms with van der Waals surface area (Å²) in [6.07, 6.45) is 0. The highest BCUT2D eigenvalue weighted by Crippen LogP contribution is 2.37. The number of nitrogens with zero attached hydrogens (tertiary/aromatic N) is 1. The van der Waals surface area contributed by atoms with Gasteiger partial charge < -0.3 is 10.2 Å². The number of amides is 1. The highest BCUT2D eigenvalue weighted by molar-refractivity contribution is 6.05. The molecule has 2 rings (SSSR count). The highest BCUT2D eigenvalue weighted by Gasteiger charge is 2.28. The van der Waals surface area contributed by atoms with Crippen LogP contribution in [-0.2, 0) is 4.79 Å². The molecule has 3 heteroatoms. The van der Waals surface area contributed by atoms with Gasteiger partial charge in [-0.15, -0.1) is 0 Å². The van der Waals surface area contributed by atoms with E-state index in [-0.39, 0.29) is 11.9 Å². The van der Waals surface area contributed by atoms with Crippen molar-refractivity contribution in [2.75, 3.05) is 17.3 Å². The maximum atomic E-state index is 11.9. The van der Waals surface area contributed by atoms with Crippen LogP contribution in [0.3, 0.4) is 0 Å².